The number of hydrogen-bond donors (Lipinski definition) is 0. The molecular formula is C15H20O2. The Bertz CT molecular complexity index is 378. The van der Waals surface area contributed by atoms with Crippen LogP contribution in [-0.4, -0.2) is 12.4 Å². The van der Waals surface area contributed by atoms with Gasteiger partial charge in [-0.3, -0.25) is 4.79 Å². The van der Waals surface area contributed by atoms with Crippen molar-refractivity contribution in [3.8, 4) is 5.75 Å². The Kier molecular flexibility index (Phi) is 4.18. The number of Topliss-reactive ketones (excluding diaryl/α,β-unsaturated/α-hetero) is 1. The summed E-state index contributed by atoms with van der Waals surface area (Å²) in [6.45, 7) is 2.54. The van der Waals surface area contributed by atoms with Crippen LogP contribution in [0.1, 0.15) is 37.7 Å². The van der Waals surface area contributed by atoms with E-state index in [0.29, 0.717) is 24.7 Å². The van der Waals surface area contributed by atoms with E-state index in [1.807, 2.05) is 31.2 Å². The first kappa shape index (κ1) is 12.2. The maximum Gasteiger partial charge on any atom is 0.139 e. The fraction of sp³-hybridized carbons (Fsp3) is 0.533. The third-order valence-electron chi connectivity index (χ3n) is 3.51. The van der Waals surface area contributed by atoms with E-state index in [-0.39, 0.29) is 0 Å². The summed E-state index contributed by atoms with van der Waals surface area (Å²) in [5, 5.41) is 0. The second kappa shape index (κ2) is 5.85. The summed E-state index contributed by atoms with van der Waals surface area (Å²) in [6, 6.07) is 7.93. The molecule has 0 spiro atoms. The molecule has 0 amide bonds. The molecule has 0 atom stereocenters. The summed E-state index contributed by atoms with van der Waals surface area (Å²) >= 11 is 0. The largest absolute Gasteiger partial charge is 0.493 e. The van der Waals surface area contributed by atoms with Gasteiger partial charge in [-0.2, -0.15) is 0 Å². The molecule has 0 aromatic heterocycles. The molecule has 1 saturated carbocycles. The van der Waals surface area contributed by atoms with Gasteiger partial charge in [0.25, 0.3) is 0 Å². The molecule has 0 radical (unpaired) electrons. The van der Waals surface area contributed by atoms with Crippen molar-refractivity contribution in [1.82, 2.24) is 0 Å². The van der Waals surface area contributed by atoms with E-state index < -0.39 is 0 Å². The van der Waals surface area contributed by atoms with E-state index in [4.69, 9.17) is 4.74 Å². The highest BCUT2D eigenvalue weighted by molar-refractivity contribution is 5.81. The van der Waals surface area contributed by atoms with Gasteiger partial charge in [-0.05, 0) is 31.4 Å². The lowest BCUT2D eigenvalue weighted by atomic mass is 10.0. The first-order chi connectivity index (χ1) is 8.27. The van der Waals surface area contributed by atoms with Crippen LogP contribution in [0.15, 0.2) is 24.3 Å². The van der Waals surface area contributed by atoms with E-state index in [0.717, 1.165) is 24.2 Å². The third-order valence-corrected chi connectivity index (χ3v) is 3.51. The number of benzene rings is 1. The number of aryl methyl sites for hydroxylation is 1. The summed E-state index contributed by atoms with van der Waals surface area (Å²) in [6.07, 6.45) is 5.16. The number of ketones is 1. The number of rotatable bonds is 5. The standard InChI is InChI=1S/C15H20O2/c1-12-6-2-5-9-15(12)17-11-10-14(16)13-7-3-4-8-13/h2,5-6,9,13H,3-4,7-8,10-11H2,1H3. The second-order valence-electron chi connectivity index (χ2n) is 4.81. The highest BCUT2D eigenvalue weighted by Crippen LogP contribution is 2.26. The molecule has 0 unspecified atom stereocenters. The number of carbonyl (C=O) groups is 1. The minimum Gasteiger partial charge on any atom is -0.493 e. The van der Waals surface area contributed by atoms with Gasteiger partial charge in [0.1, 0.15) is 11.5 Å². The molecule has 0 heterocycles. The summed E-state index contributed by atoms with van der Waals surface area (Å²) < 4.78 is 5.65. The van der Waals surface area contributed by atoms with E-state index >= 15 is 0 Å². The van der Waals surface area contributed by atoms with Crippen LogP contribution in [0.5, 0.6) is 5.75 Å². The Hall–Kier alpha value is -1.31. The molecule has 2 heteroatoms. The summed E-state index contributed by atoms with van der Waals surface area (Å²) in [5.74, 6) is 1.60. The molecule has 92 valence electrons. The van der Waals surface area contributed by atoms with E-state index in [1.54, 1.807) is 0 Å². The zero-order chi connectivity index (χ0) is 12.1. The molecular weight excluding hydrogens is 212 g/mol. The average molecular weight is 232 g/mol. The molecule has 1 aromatic carbocycles. The Labute approximate surface area is 103 Å². The van der Waals surface area contributed by atoms with Crippen molar-refractivity contribution in [2.75, 3.05) is 6.61 Å². The number of para-hydroxylation sites is 1. The molecule has 0 N–H and O–H groups in total. The monoisotopic (exact) mass is 232 g/mol. The van der Waals surface area contributed by atoms with Crippen LogP contribution < -0.4 is 4.74 Å². The summed E-state index contributed by atoms with van der Waals surface area (Å²) in [7, 11) is 0. The quantitative estimate of drug-likeness (QED) is 0.776. The predicted molar refractivity (Wildman–Crippen MR) is 68.3 cm³/mol. The van der Waals surface area contributed by atoms with Crippen molar-refractivity contribution >= 4 is 5.78 Å². The van der Waals surface area contributed by atoms with Gasteiger partial charge in [-0.25, -0.2) is 0 Å². The fourth-order valence-electron chi connectivity index (χ4n) is 2.43. The molecule has 2 rings (SSSR count). The van der Waals surface area contributed by atoms with Gasteiger partial charge in [0.15, 0.2) is 0 Å². The van der Waals surface area contributed by atoms with Gasteiger partial charge < -0.3 is 4.74 Å². The topological polar surface area (TPSA) is 26.3 Å². The van der Waals surface area contributed by atoms with Gasteiger partial charge in [-0.1, -0.05) is 31.0 Å². The maximum atomic E-state index is 11.8. The van der Waals surface area contributed by atoms with Crippen LogP contribution >= 0.6 is 0 Å². The van der Waals surface area contributed by atoms with Crippen molar-refractivity contribution in [1.29, 1.82) is 0 Å². The SMILES string of the molecule is Cc1ccccc1OCCC(=O)C1CCCC1. The zero-order valence-corrected chi connectivity index (χ0v) is 10.4. The highest BCUT2D eigenvalue weighted by atomic mass is 16.5. The van der Waals surface area contributed by atoms with Gasteiger partial charge in [0, 0.05) is 12.3 Å². The maximum absolute atomic E-state index is 11.8. The minimum atomic E-state index is 0.315. The summed E-state index contributed by atoms with van der Waals surface area (Å²) in [4.78, 5) is 11.8. The average Bonchev–Trinajstić information content (AvgIpc) is 2.85. The van der Waals surface area contributed by atoms with Gasteiger partial charge in [0.2, 0.25) is 0 Å². The zero-order valence-electron chi connectivity index (χ0n) is 10.4. The number of hydrogen-bond acceptors (Lipinski definition) is 2. The highest BCUT2D eigenvalue weighted by Gasteiger charge is 2.22. The minimum absolute atomic E-state index is 0.315. The molecule has 0 bridgehead atoms. The summed E-state index contributed by atoms with van der Waals surface area (Å²) in [5.41, 5.74) is 1.13. The van der Waals surface area contributed by atoms with Crippen molar-refractivity contribution in [2.24, 2.45) is 5.92 Å². The smallest absolute Gasteiger partial charge is 0.139 e. The van der Waals surface area contributed by atoms with E-state index in [2.05, 4.69) is 0 Å². The van der Waals surface area contributed by atoms with Crippen LogP contribution in [0.2, 0.25) is 0 Å². The molecule has 17 heavy (non-hydrogen) atoms. The first-order valence-corrected chi connectivity index (χ1v) is 6.48. The van der Waals surface area contributed by atoms with Gasteiger partial charge >= 0.3 is 0 Å². The predicted octanol–water partition coefficient (Wildman–Crippen LogP) is 3.52. The normalized spacial score (nSPS) is 16.1. The number of carbonyl (C=O) groups excluding carboxylic acids is 1. The molecule has 1 aromatic rings. The Morgan fingerprint density at radius 1 is 1.29 bits per heavy atom. The third kappa shape index (κ3) is 3.32. The van der Waals surface area contributed by atoms with Crippen LogP contribution in [0.3, 0.4) is 0 Å². The van der Waals surface area contributed by atoms with Crippen LogP contribution in [0.25, 0.3) is 0 Å². The molecule has 1 fully saturated rings. The lowest BCUT2D eigenvalue weighted by Gasteiger charge is -2.10. The molecule has 1 aliphatic rings. The van der Waals surface area contributed by atoms with E-state index in [1.165, 1.54) is 12.8 Å². The van der Waals surface area contributed by atoms with Gasteiger partial charge in [0.05, 0.1) is 6.61 Å². The molecule has 2 nitrogen and oxygen atoms in total. The van der Waals surface area contributed by atoms with Crippen molar-refractivity contribution < 1.29 is 9.53 Å². The fourth-order valence-corrected chi connectivity index (χ4v) is 2.43. The lowest BCUT2D eigenvalue weighted by molar-refractivity contribution is -0.123. The Morgan fingerprint density at radius 3 is 2.71 bits per heavy atom. The first-order valence-electron chi connectivity index (χ1n) is 6.48. The lowest BCUT2D eigenvalue weighted by Crippen LogP contribution is -2.14. The molecule has 1 aliphatic carbocycles. The second-order valence-corrected chi connectivity index (χ2v) is 4.81. The van der Waals surface area contributed by atoms with Crippen LogP contribution in [0.4, 0.5) is 0 Å². The van der Waals surface area contributed by atoms with Crippen molar-refractivity contribution in [3.63, 3.8) is 0 Å². The van der Waals surface area contributed by atoms with Crippen molar-refractivity contribution in [2.45, 2.75) is 39.0 Å². The van der Waals surface area contributed by atoms with Crippen LogP contribution in [0, 0.1) is 12.8 Å². The van der Waals surface area contributed by atoms with E-state index in [9.17, 15) is 4.79 Å². The van der Waals surface area contributed by atoms with Crippen LogP contribution in [-0.2, 0) is 4.79 Å². The number of ether oxygens (including phenoxy) is 1. The van der Waals surface area contributed by atoms with Gasteiger partial charge in [-0.15, -0.1) is 0 Å². The Balaban J connectivity index is 1.76. The van der Waals surface area contributed by atoms with Crippen molar-refractivity contribution in [3.05, 3.63) is 29.8 Å². The molecule has 0 saturated heterocycles. The molecule has 0 aliphatic heterocycles. The Morgan fingerprint density at radius 2 is 2.00 bits per heavy atom.